The van der Waals surface area contributed by atoms with Crippen LogP contribution in [0.3, 0.4) is 0 Å². The van der Waals surface area contributed by atoms with Crippen LogP contribution in [0, 0.1) is 15.7 Å². The molecule has 3 rings (SSSR count). The molecule has 2 heterocycles. The Balaban J connectivity index is 2.16. The molecule has 2 aromatic heterocycles. The van der Waals surface area contributed by atoms with Crippen LogP contribution in [0.15, 0.2) is 42.7 Å². The summed E-state index contributed by atoms with van der Waals surface area (Å²) >= 11 is 2.00. The van der Waals surface area contributed by atoms with Crippen LogP contribution in [0.1, 0.15) is 5.56 Å². The number of imidazole rings is 1. The number of fused-ring (bicyclic) bond motifs is 1. The molecule has 0 spiro atoms. The zero-order valence-electron chi connectivity index (χ0n) is 10.6. The number of benzene rings is 1. The van der Waals surface area contributed by atoms with Crippen LogP contribution in [-0.2, 0) is 0 Å². The summed E-state index contributed by atoms with van der Waals surface area (Å²) in [6.07, 6.45) is 3.83. The predicted octanol–water partition coefficient (Wildman–Crippen LogP) is 3.61. The molecule has 0 amide bonds. The van der Waals surface area contributed by atoms with Crippen molar-refractivity contribution in [2.24, 2.45) is 0 Å². The number of hydrogen-bond acceptors (Lipinski definition) is 4. The number of aryl methyl sites for hydroxylation is 1. The number of aromatic nitrogens is 2. The van der Waals surface area contributed by atoms with E-state index in [1.165, 1.54) is 0 Å². The Hall–Kier alpha value is -1.64. The van der Waals surface area contributed by atoms with E-state index in [0.717, 1.165) is 22.5 Å². The SMILES string of the molecule is Cc1cccn2cc(-c3ccc(I)c(N([O-])O)c3)nc12. The number of rotatable bonds is 2. The van der Waals surface area contributed by atoms with Gasteiger partial charge in [0.2, 0.25) is 0 Å². The molecule has 0 saturated heterocycles. The smallest absolute Gasteiger partial charge is 0.140 e. The van der Waals surface area contributed by atoms with E-state index in [1.807, 2.05) is 64.5 Å². The molecule has 0 atom stereocenters. The summed E-state index contributed by atoms with van der Waals surface area (Å²) in [4.78, 5) is 4.57. The molecular formula is C14H11IN3O2-. The van der Waals surface area contributed by atoms with E-state index in [-0.39, 0.29) is 10.9 Å². The van der Waals surface area contributed by atoms with Crippen LogP contribution < -0.4 is 5.23 Å². The zero-order chi connectivity index (χ0) is 14.3. The van der Waals surface area contributed by atoms with E-state index in [2.05, 4.69) is 4.98 Å². The van der Waals surface area contributed by atoms with Gasteiger partial charge < -0.3 is 14.8 Å². The molecular weight excluding hydrogens is 369 g/mol. The molecule has 20 heavy (non-hydrogen) atoms. The van der Waals surface area contributed by atoms with Gasteiger partial charge >= 0.3 is 0 Å². The molecule has 102 valence electrons. The molecule has 1 aromatic carbocycles. The monoisotopic (exact) mass is 380 g/mol. The van der Waals surface area contributed by atoms with Gasteiger partial charge in [-0.05, 0) is 53.3 Å². The van der Waals surface area contributed by atoms with Crippen molar-refractivity contribution in [1.29, 1.82) is 0 Å². The average Bonchev–Trinajstić information content (AvgIpc) is 2.84. The van der Waals surface area contributed by atoms with Gasteiger partial charge in [-0.2, -0.15) is 0 Å². The minimum Gasteiger partial charge on any atom is -0.733 e. The van der Waals surface area contributed by atoms with Crippen molar-refractivity contribution < 1.29 is 5.21 Å². The van der Waals surface area contributed by atoms with Crippen molar-refractivity contribution in [2.45, 2.75) is 6.92 Å². The first kappa shape index (κ1) is 13.3. The molecule has 0 fully saturated rings. The van der Waals surface area contributed by atoms with Gasteiger partial charge in [0.05, 0.1) is 11.4 Å². The number of halogens is 1. The normalized spacial score (nSPS) is 11.0. The second-order valence-electron chi connectivity index (χ2n) is 4.49. The van der Waals surface area contributed by atoms with E-state index >= 15 is 0 Å². The van der Waals surface area contributed by atoms with Crippen LogP contribution in [0.2, 0.25) is 0 Å². The summed E-state index contributed by atoms with van der Waals surface area (Å²) in [5.74, 6) is 0. The van der Waals surface area contributed by atoms with Crippen molar-refractivity contribution in [2.75, 3.05) is 5.23 Å². The van der Waals surface area contributed by atoms with Crippen LogP contribution in [0.4, 0.5) is 5.69 Å². The summed E-state index contributed by atoms with van der Waals surface area (Å²) in [5.41, 5.74) is 3.73. The third-order valence-electron chi connectivity index (χ3n) is 3.13. The van der Waals surface area contributed by atoms with Crippen LogP contribution in [0.25, 0.3) is 16.9 Å². The first-order valence-corrected chi connectivity index (χ1v) is 7.04. The van der Waals surface area contributed by atoms with Gasteiger partial charge in [0.15, 0.2) is 0 Å². The molecule has 0 aliphatic carbocycles. The number of nitrogens with zero attached hydrogens (tertiary/aromatic N) is 3. The number of anilines is 1. The third kappa shape index (κ3) is 2.26. The molecule has 5 nitrogen and oxygen atoms in total. The van der Waals surface area contributed by atoms with Crippen molar-refractivity contribution in [3.05, 3.63) is 57.1 Å². The van der Waals surface area contributed by atoms with Gasteiger partial charge in [-0.25, -0.2) is 4.98 Å². The summed E-state index contributed by atoms with van der Waals surface area (Å²) in [6, 6.07) is 9.25. The van der Waals surface area contributed by atoms with Gasteiger partial charge in [0.1, 0.15) is 5.65 Å². The van der Waals surface area contributed by atoms with Crippen molar-refractivity contribution in [3.63, 3.8) is 0 Å². The summed E-state index contributed by atoms with van der Waals surface area (Å²) in [5, 5.41) is 20.1. The van der Waals surface area contributed by atoms with E-state index in [0.29, 0.717) is 3.57 Å². The maximum atomic E-state index is 11.1. The van der Waals surface area contributed by atoms with Crippen LogP contribution in [-0.4, -0.2) is 14.6 Å². The molecule has 0 saturated carbocycles. The van der Waals surface area contributed by atoms with E-state index < -0.39 is 0 Å². The van der Waals surface area contributed by atoms with Gasteiger partial charge in [-0.3, -0.25) is 5.21 Å². The Morgan fingerprint density at radius 1 is 1.35 bits per heavy atom. The largest absolute Gasteiger partial charge is 0.733 e. The third-order valence-corrected chi connectivity index (χ3v) is 4.04. The maximum absolute atomic E-state index is 11.1. The zero-order valence-corrected chi connectivity index (χ0v) is 12.8. The summed E-state index contributed by atoms with van der Waals surface area (Å²) in [7, 11) is 0. The van der Waals surface area contributed by atoms with E-state index in [4.69, 9.17) is 5.21 Å². The Bertz CT molecular complexity index is 783. The average molecular weight is 380 g/mol. The molecule has 0 radical (unpaired) electrons. The fourth-order valence-electron chi connectivity index (χ4n) is 2.11. The minimum absolute atomic E-state index is 0.119. The van der Waals surface area contributed by atoms with Gasteiger partial charge in [0.25, 0.3) is 0 Å². The predicted molar refractivity (Wildman–Crippen MR) is 85.7 cm³/mol. The second-order valence-corrected chi connectivity index (χ2v) is 5.65. The molecule has 1 N–H and O–H groups in total. The minimum atomic E-state index is -0.119. The van der Waals surface area contributed by atoms with Crippen molar-refractivity contribution >= 4 is 33.9 Å². The highest BCUT2D eigenvalue weighted by atomic mass is 127. The Morgan fingerprint density at radius 2 is 2.15 bits per heavy atom. The number of hydrogen-bond donors (Lipinski definition) is 1. The van der Waals surface area contributed by atoms with E-state index in [9.17, 15) is 5.21 Å². The molecule has 0 aliphatic heterocycles. The maximum Gasteiger partial charge on any atom is 0.140 e. The topological polar surface area (TPSA) is 63.8 Å². The van der Waals surface area contributed by atoms with Crippen molar-refractivity contribution in [3.8, 4) is 11.3 Å². The number of pyridine rings is 1. The summed E-state index contributed by atoms with van der Waals surface area (Å²) < 4.78 is 2.62. The first-order chi connectivity index (χ1) is 9.56. The lowest BCUT2D eigenvalue weighted by molar-refractivity contribution is 0.296. The highest BCUT2D eigenvalue weighted by Crippen LogP contribution is 2.28. The lowest BCUT2D eigenvalue weighted by Gasteiger charge is -2.23. The molecule has 0 unspecified atom stereocenters. The van der Waals surface area contributed by atoms with Gasteiger partial charge in [-0.1, -0.05) is 12.1 Å². The highest BCUT2D eigenvalue weighted by Gasteiger charge is 2.09. The second kappa shape index (κ2) is 5.04. The van der Waals surface area contributed by atoms with Gasteiger partial charge in [0, 0.05) is 21.5 Å². The van der Waals surface area contributed by atoms with E-state index in [1.54, 1.807) is 12.1 Å². The van der Waals surface area contributed by atoms with Gasteiger partial charge in [-0.15, -0.1) is 0 Å². The fraction of sp³-hybridized carbons (Fsp3) is 0.0714. The molecule has 6 heteroatoms. The Labute approximate surface area is 129 Å². The van der Waals surface area contributed by atoms with Crippen LogP contribution in [0.5, 0.6) is 0 Å². The highest BCUT2D eigenvalue weighted by molar-refractivity contribution is 14.1. The lowest BCUT2D eigenvalue weighted by atomic mass is 10.1. The Kier molecular flexibility index (Phi) is 3.36. The first-order valence-electron chi connectivity index (χ1n) is 5.96. The Morgan fingerprint density at radius 3 is 2.85 bits per heavy atom. The van der Waals surface area contributed by atoms with Crippen molar-refractivity contribution in [1.82, 2.24) is 9.38 Å². The standard InChI is InChI=1S/C14H11IN3O2/c1-9-3-2-6-17-8-12(16-14(9)17)10-4-5-11(15)13(7-10)18(19)20/h2-8,19H,1H3/q-1. The molecule has 0 bridgehead atoms. The molecule has 3 aromatic rings. The quantitative estimate of drug-likeness (QED) is 0.545. The van der Waals surface area contributed by atoms with Crippen LogP contribution >= 0.6 is 22.6 Å². The molecule has 0 aliphatic rings. The summed E-state index contributed by atoms with van der Waals surface area (Å²) in [6.45, 7) is 2.00. The lowest BCUT2D eigenvalue weighted by Crippen LogP contribution is -2.08. The fourth-order valence-corrected chi connectivity index (χ4v) is 2.65.